The average Bonchev–Trinajstić information content (AvgIpc) is 2.45. The molecular formula is C17H28N2. The maximum atomic E-state index is 3.54. The van der Waals surface area contributed by atoms with Crippen molar-refractivity contribution >= 4 is 0 Å². The quantitative estimate of drug-likeness (QED) is 0.790. The standard InChI is InChI=1S/C17H28N2/c1-15-8-6-7-11-17(15)19(2)13-12-18-14-16-9-4-3-5-10-16/h3-5,9-10,15,17-18H,6-8,11-14H2,1-2H3. The summed E-state index contributed by atoms with van der Waals surface area (Å²) in [6.07, 6.45) is 5.64. The molecule has 19 heavy (non-hydrogen) atoms. The topological polar surface area (TPSA) is 15.3 Å². The molecule has 2 rings (SSSR count). The van der Waals surface area contributed by atoms with E-state index in [1.807, 2.05) is 0 Å². The molecule has 106 valence electrons. The molecule has 1 aliphatic carbocycles. The molecule has 0 amide bonds. The highest BCUT2D eigenvalue weighted by Gasteiger charge is 2.24. The van der Waals surface area contributed by atoms with Crippen molar-refractivity contribution in [3.05, 3.63) is 35.9 Å². The second-order valence-electron chi connectivity index (χ2n) is 5.97. The minimum atomic E-state index is 0.798. The van der Waals surface area contributed by atoms with Gasteiger partial charge in [-0.1, -0.05) is 50.1 Å². The van der Waals surface area contributed by atoms with Gasteiger partial charge in [-0.05, 0) is 31.4 Å². The molecule has 2 nitrogen and oxygen atoms in total. The maximum Gasteiger partial charge on any atom is 0.0206 e. The molecular weight excluding hydrogens is 232 g/mol. The number of benzene rings is 1. The van der Waals surface area contributed by atoms with Crippen molar-refractivity contribution in [3.8, 4) is 0 Å². The van der Waals surface area contributed by atoms with E-state index in [1.165, 1.54) is 31.2 Å². The van der Waals surface area contributed by atoms with Gasteiger partial charge in [0.2, 0.25) is 0 Å². The van der Waals surface area contributed by atoms with E-state index >= 15 is 0 Å². The lowest BCUT2D eigenvalue weighted by molar-refractivity contribution is 0.140. The van der Waals surface area contributed by atoms with Crippen LogP contribution in [0.4, 0.5) is 0 Å². The largest absolute Gasteiger partial charge is 0.311 e. The minimum absolute atomic E-state index is 0.798. The van der Waals surface area contributed by atoms with Crippen LogP contribution in [0.15, 0.2) is 30.3 Å². The molecule has 1 N–H and O–H groups in total. The Morgan fingerprint density at radius 2 is 1.89 bits per heavy atom. The fourth-order valence-electron chi connectivity index (χ4n) is 3.20. The summed E-state index contributed by atoms with van der Waals surface area (Å²) in [7, 11) is 2.29. The summed E-state index contributed by atoms with van der Waals surface area (Å²) in [5, 5.41) is 3.54. The first-order valence-electron chi connectivity index (χ1n) is 7.72. The van der Waals surface area contributed by atoms with Crippen LogP contribution in [0.2, 0.25) is 0 Å². The second kappa shape index (κ2) is 7.66. The van der Waals surface area contributed by atoms with E-state index in [2.05, 4.69) is 54.5 Å². The minimum Gasteiger partial charge on any atom is -0.311 e. The van der Waals surface area contributed by atoms with Crippen LogP contribution in [-0.4, -0.2) is 31.1 Å². The predicted molar refractivity (Wildman–Crippen MR) is 82.2 cm³/mol. The van der Waals surface area contributed by atoms with Crippen molar-refractivity contribution < 1.29 is 0 Å². The molecule has 0 radical (unpaired) electrons. The molecule has 0 aliphatic heterocycles. The molecule has 0 heterocycles. The third-order valence-electron chi connectivity index (χ3n) is 4.45. The normalized spacial score (nSPS) is 23.7. The number of likely N-dealkylation sites (N-methyl/N-ethyl adjacent to an activating group) is 1. The van der Waals surface area contributed by atoms with Crippen molar-refractivity contribution in [3.63, 3.8) is 0 Å². The van der Waals surface area contributed by atoms with Crippen LogP contribution >= 0.6 is 0 Å². The zero-order valence-corrected chi connectivity index (χ0v) is 12.4. The molecule has 1 saturated carbocycles. The van der Waals surface area contributed by atoms with E-state index < -0.39 is 0 Å². The lowest BCUT2D eigenvalue weighted by atomic mass is 9.85. The summed E-state index contributed by atoms with van der Waals surface area (Å²) >= 11 is 0. The summed E-state index contributed by atoms with van der Waals surface area (Å²) < 4.78 is 0. The summed E-state index contributed by atoms with van der Waals surface area (Å²) in [5.74, 6) is 0.868. The summed E-state index contributed by atoms with van der Waals surface area (Å²) in [4.78, 5) is 2.56. The maximum absolute atomic E-state index is 3.54. The molecule has 0 aromatic heterocycles. The van der Waals surface area contributed by atoms with Crippen molar-refractivity contribution in [2.24, 2.45) is 5.92 Å². The van der Waals surface area contributed by atoms with Crippen molar-refractivity contribution in [2.75, 3.05) is 20.1 Å². The number of rotatable bonds is 6. The average molecular weight is 260 g/mol. The Kier molecular flexibility index (Phi) is 5.87. The van der Waals surface area contributed by atoms with E-state index in [0.29, 0.717) is 0 Å². The van der Waals surface area contributed by atoms with E-state index in [-0.39, 0.29) is 0 Å². The molecule has 1 aromatic rings. The van der Waals surface area contributed by atoms with E-state index in [4.69, 9.17) is 0 Å². The lowest BCUT2D eigenvalue weighted by Crippen LogP contribution is -2.42. The Morgan fingerprint density at radius 1 is 1.16 bits per heavy atom. The Morgan fingerprint density at radius 3 is 2.63 bits per heavy atom. The van der Waals surface area contributed by atoms with Crippen molar-refractivity contribution in [2.45, 2.75) is 45.2 Å². The Labute approximate surface area is 118 Å². The highest BCUT2D eigenvalue weighted by Crippen LogP contribution is 2.26. The van der Waals surface area contributed by atoms with Crippen molar-refractivity contribution in [1.82, 2.24) is 10.2 Å². The zero-order chi connectivity index (χ0) is 13.5. The first kappa shape index (κ1) is 14.5. The van der Waals surface area contributed by atoms with Gasteiger partial charge in [-0.25, -0.2) is 0 Å². The van der Waals surface area contributed by atoms with Gasteiger partial charge in [0.15, 0.2) is 0 Å². The third kappa shape index (κ3) is 4.63. The molecule has 0 bridgehead atoms. The first-order chi connectivity index (χ1) is 9.27. The number of nitrogens with zero attached hydrogens (tertiary/aromatic N) is 1. The molecule has 0 saturated heterocycles. The van der Waals surface area contributed by atoms with Crippen LogP contribution in [0.1, 0.15) is 38.2 Å². The number of hydrogen-bond acceptors (Lipinski definition) is 2. The van der Waals surface area contributed by atoms with Crippen LogP contribution in [0, 0.1) is 5.92 Å². The van der Waals surface area contributed by atoms with Crippen LogP contribution in [0.25, 0.3) is 0 Å². The Hall–Kier alpha value is -0.860. The highest BCUT2D eigenvalue weighted by atomic mass is 15.1. The van der Waals surface area contributed by atoms with Gasteiger partial charge >= 0.3 is 0 Å². The smallest absolute Gasteiger partial charge is 0.0206 e. The van der Waals surface area contributed by atoms with Crippen molar-refractivity contribution in [1.29, 1.82) is 0 Å². The third-order valence-corrected chi connectivity index (χ3v) is 4.45. The van der Waals surface area contributed by atoms with Crippen LogP contribution in [-0.2, 0) is 6.54 Å². The van der Waals surface area contributed by atoms with Crippen LogP contribution in [0.3, 0.4) is 0 Å². The van der Waals surface area contributed by atoms with Crippen LogP contribution in [0.5, 0.6) is 0 Å². The Bertz CT molecular complexity index is 350. The van der Waals surface area contributed by atoms with E-state index in [0.717, 1.165) is 31.6 Å². The highest BCUT2D eigenvalue weighted by molar-refractivity contribution is 5.14. The van der Waals surface area contributed by atoms with Gasteiger partial charge in [0.1, 0.15) is 0 Å². The fourth-order valence-corrected chi connectivity index (χ4v) is 3.20. The molecule has 2 unspecified atom stereocenters. The van der Waals surface area contributed by atoms with Gasteiger partial charge in [-0.2, -0.15) is 0 Å². The van der Waals surface area contributed by atoms with E-state index in [9.17, 15) is 0 Å². The van der Waals surface area contributed by atoms with Gasteiger partial charge in [-0.3, -0.25) is 0 Å². The second-order valence-corrected chi connectivity index (χ2v) is 5.97. The SMILES string of the molecule is CC1CCCCC1N(C)CCNCc1ccccc1. The fraction of sp³-hybridized carbons (Fsp3) is 0.647. The number of nitrogens with one attached hydrogen (secondary N) is 1. The van der Waals surface area contributed by atoms with Gasteiger partial charge < -0.3 is 10.2 Å². The molecule has 1 aromatic carbocycles. The molecule has 1 fully saturated rings. The summed E-state index contributed by atoms with van der Waals surface area (Å²) in [5.41, 5.74) is 1.37. The van der Waals surface area contributed by atoms with Gasteiger partial charge in [0.25, 0.3) is 0 Å². The molecule has 0 spiro atoms. The first-order valence-corrected chi connectivity index (χ1v) is 7.72. The summed E-state index contributed by atoms with van der Waals surface area (Å²) in [6, 6.07) is 11.4. The Balaban J connectivity index is 1.65. The molecule has 2 heteroatoms. The molecule has 1 aliphatic rings. The van der Waals surface area contributed by atoms with Crippen LogP contribution < -0.4 is 5.32 Å². The van der Waals surface area contributed by atoms with Gasteiger partial charge in [0, 0.05) is 25.7 Å². The molecule has 2 atom stereocenters. The van der Waals surface area contributed by atoms with E-state index in [1.54, 1.807) is 0 Å². The number of hydrogen-bond donors (Lipinski definition) is 1. The monoisotopic (exact) mass is 260 g/mol. The summed E-state index contributed by atoms with van der Waals surface area (Å²) in [6.45, 7) is 5.63. The van der Waals surface area contributed by atoms with Gasteiger partial charge in [0.05, 0.1) is 0 Å². The predicted octanol–water partition coefficient (Wildman–Crippen LogP) is 3.29. The zero-order valence-electron chi connectivity index (χ0n) is 12.4. The van der Waals surface area contributed by atoms with Gasteiger partial charge in [-0.15, -0.1) is 0 Å². The lowest BCUT2D eigenvalue weighted by Gasteiger charge is -2.36.